The molecule has 0 spiro atoms. The Bertz CT molecular complexity index is 540. The molecule has 5 heteroatoms. The molecule has 0 radical (unpaired) electrons. The van der Waals surface area contributed by atoms with Gasteiger partial charge in [0.15, 0.2) is 0 Å². The highest BCUT2D eigenvalue weighted by Crippen LogP contribution is 2.31. The fourth-order valence-electron chi connectivity index (χ4n) is 2.65. The third-order valence-corrected chi connectivity index (χ3v) is 3.79. The summed E-state index contributed by atoms with van der Waals surface area (Å²) in [5.41, 5.74) is 2.16. The van der Waals surface area contributed by atoms with Crippen LogP contribution in [0.3, 0.4) is 0 Å². The van der Waals surface area contributed by atoms with Gasteiger partial charge in [0.2, 0.25) is 5.91 Å². The van der Waals surface area contributed by atoms with E-state index in [0.717, 1.165) is 24.9 Å². The van der Waals surface area contributed by atoms with Crippen molar-refractivity contribution in [2.75, 3.05) is 11.4 Å². The van der Waals surface area contributed by atoms with E-state index in [1.54, 1.807) is 4.90 Å². The van der Waals surface area contributed by atoms with Crippen LogP contribution in [0.4, 0.5) is 10.5 Å². The van der Waals surface area contributed by atoms with E-state index in [1.165, 1.54) is 5.56 Å². The number of nitrogens with one attached hydrogen (secondary N) is 2. The molecule has 1 aliphatic carbocycles. The highest BCUT2D eigenvalue weighted by Gasteiger charge is 2.30. The molecule has 1 unspecified atom stereocenters. The maximum Gasteiger partial charge on any atom is 0.315 e. The number of amides is 3. The Morgan fingerprint density at radius 1 is 1.30 bits per heavy atom. The molecular formula is C15H19N3O2. The standard InChI is InChI=1S/C15H19N3O2/c1-10-8-11-4-2-3-5-13(11)18(10)14(19)9-16-15(20)17-12-6-7-12/h2-5,10,12H,6-9H2,1H3,(H2,16,17,20). The van der Waals surface area contributed by atoms with Crippen LogP contribution in [-0.2, 0) is 11.2 Å². The lowest BCUT2D eigenvalue weighted by molar-refractivity contribution is -0.117. The SMILES string of the molecule is CC1Cc2ccccc2N1C(=O)CNC(=O)NC1CC1. The zero-order chi connectivity index (χ0) is 14.1. The van der Waals surface area contributed by atoms with Crippen LogP contribution in [0.15, 0.2) is 24.3 Å². The van der Waals surface area contributed by atoms with Gasteiger partial charge >= 0.3 is 6.03 Å². The fourth-order valence-corrected chi connectivity index (χ4v) is 2.65. The van der Waals surface area contributed by atoms with Gasteiger partial charge in [0, 0.05) is 17.8 Å². The molecule has 1 saturated carbocycles. The molecule has 5 nitrogen and oxygen atoms in total. The van der Waals surface area contributed by atoms with Gasteiger partial charge in [0.25, 0.3) is 0 Å². The number of hydrogen-bond donors (Lipinski definition) is 2. The zero-order valence-electron chi connectivity index (χ0n) is 11.6. The number of carbonyl (C=O) groups is 2. The summed E-state index contributed by atoms with van der Waals surface area (Å²) in [4.78, 5) is 25.6. The first-order valence-electron chi connectivity index (χ1n) is 7.09. The van der Waals surface area contributed by atoms with Crippen molar-refractivity contribution in [1.29, 1.82) is 0 Å². The third-order valence-electron chi connectivity index (χ3n) is 3.79. The highest BCUT2D eigenvalue weighted by atomic mass is 16.2. The summed E-state index contributed by atoms with van der Waals surface area (Å²) in [6.45, 7) is 2.07. The highest BCUT2D eigenvalue weighted by molar-refractivity contribution is 5.98. The minimum Gasteiger partial charge on any atom is -0.335 e. The Labute approximate surface area is 118 Å². The first kappa shape index (κ1) is 13.0. The Morgan fingerprint density at radius 3 is 2.80 bits per heavy atom. The van der Waals surface area contributed by atoms with E-state index in [4.69, 9.17) is 0 Å². The van der Waals surface area contributed by atoms with Crippen LogP contribution in [0, 0.1) is 0 Å². The van der Waals surface area contributed by atoms with Gasteiger partial charge in [-0.15, -0.1) is 0 Å². The fraction of sp³-hybridized carbons (Fsp3) is 0.467. The van der Waals surface area contributed by atoms with Crippen molar-refractivity contribution in [1.82, 2.24) is 10.6 Å². The number of rotatable bonds is 3. The van der Waals surface area contributed by atoms with Crippen LogP contribution < -0.4 is 15.5 Å². The Hall–Kier alpha value is -2.04. The summed E-state index contributed by atoms with van der Waals surface area (Å²) in [7, 11) is 0. The minimum absolute atomic E-state index is 0.0389. The second-order valence-corrected chi connectivity index (χ2v) is 5.55. The first-order valence-corrected chi connectivity index (χ1v) is 7.09. The first-order chi connectivity index (χ1) is 9.65. The molecular weight excluding hydrogens is 254 g/mol. The third kappa shape index (κ3) is 2.61. The summed E-state index contributed by atoms with van der Waals surface area (Å²) in [6.07, 6.45) is 2.95. The normalized spacial score (nSPS) is 20.4. The van der Waals surface area contributed by atoms with Crippen molar-refractivity contribution < 1.29 is 9.59 Å². The number of carbonyl (C=O) groups excluding carboxylic acids is 2. The number of benzene rings is 1. The molecule has 106 valence electrons. The van der Waals surface area contributed by atoms with Gasteiger partial charge in [-0.1, -0.05) is 18.2 Å². The summed E-state index contributed by atoms with van der Waals surface area (Å²) in [5.74, 6) is -0.0617. The van der Waals surface area contributed by atoms with E-state index >= 15 is 0 Å². The molecule has 2 aliphatic rings. The largest absolute Gasteiger partial charge is 0.335 e. The van der Waals surface area contributed by atoms with Crippen molar-refractivity contribution in [3.63, 3.8) is 0 Å². The molecule has 1 fully saturated rings. The van der Waals surface area contributed by atoms with E-state index in [2.05, 4.69) is 10.6 Å². The number of hydrogen-bond acceptors (Lipinski definition) is 2. The van der Waals surface area contributed by atoms with Gasteiger partial charge < -0.3 is 15.5 Å². The molecule has 0 bridgehead atoms. The van der Waals surface area contributed by atoms with Gasteiger partial charge in [-0.25, -0.2) is 4.79 Å². The number of fused-ring (bicyclic) bond motifs is 1. The average molecular weight is 273 g/mol. The Morgan fingerprint density at radius 2 is 2.05 bits per heavy atom. The van der Waals surface area contributed by atoms with Crippen LogP contribution in [0.25, 0.3) is 0 Å². The number of anilines is 1. The van der Waals surface area contributed by atoms with Crippen molar-refractivity contribution in [3.8, 4) is 0 Å². The van der Waals surface area contributed by atoms with Crippen molar-refractivity contribution in [3.05, 3.63) is 29.8 Å². The summed E-state index contributed by atoms with van der Waals surface area (Å²) >= 11 is 0. The second kappa shape index (κ2) is 5.15. The number of para-hydroxylation sites is 1. The maximum atomic E-state index is 12.3. The van der Waals surface area contributed by atoms with Gasteiger partial charge in [-0.3, -0.25) is 4.79 Å². The number of nitrogens with zero attached hydrogens (tertiary/aromatic N) is 1. The van der Waals surface area contributed by atoms with Crippen molar-refractivity contribution in [2.45, 2.75) is 38.3 Å². The molecule has 1 aromatic rings. The van der Waals surface area contributed by atoms with Gasteiger partial charge in [-0.2, -0.15) is 0 Å². The summed E-state index contributed by atoms with van der Waals surface area (Å²) in [5, 5.41) is 5.45. The molecule has 3 amide bonds. The van der Waals surface area contributed by atoms with Crippen LogP contribution >= 0.6 is 0 Å². The lowest BCUT2D eigenvalue weighted by Gasteiger charge is -2.22. The molecule has 1 heterocycles. The second-order valence-electron chi connectivity index (χ2n) is 5.55. The minimum atomic E-state index is -0.249. The quantitative estimate of drug-likeness (QED) is 0.875. The molecule has 20 heavy (non-hydrogen) atoms. The van der Waals surface area contributed by atoms with Crippen molar-refractivity contribution in [2.24, 2.45) is 0 Å². The zero-order valence-corrected chi connectivity index (χ0v) is 11.6. The maximum absolute atomic E-state index is 12.3. The van der Waals surface area contributed by atoms with Gasteiger partial charge in [0.05, 0.1) is 6.54 Å². The Balaban J connectivity index is 1.60. The number of urea groups is 1. The predicted molar refractivity (Wildman–Crippen MR) is 76.7 cm³/mol. The van der Waals surface area contributed by atoms with Gasteiger partial charge in [-0.05, 0) is 37.8 Å². The van der Waals surface area contributed by atoms with E-state index in [9.17, 15) is 9.59 Å². The van der Waals surface area contributed by atoms with Gasteiger partial charge in [0.1, 0.15) is 0 Å². The van der Waals surface area contributed by atoms with E-state index < -0.39 is 0 Å². The molecule has 0 saturated heterocycles. The monoisotopic (exact) mass is 273 g/mol. The molecule has 2 N–H and O–H groups in total. The topological polar surface area (TPSA) is 61.4 Å². The van der Waals surface area contributed by atoms with Crippen LogP contribution in [-0.4, -0.2) is 30.6 Å². The average Bonchev–Trinajstić information content (AvgIpc) is 3.16. The van der Waals surface area contributed by atoms with Crippen LogP contribution in [0.1, 0.15) is 25.3 Å². The summed E-state index contributed by atoms with van der Waals surface area (Å²) < 4.78 is 0. The molecule has 1 aromatic carbocycles. The lowest BCUT2D eigenvalue weighted by Crippen LogP contribution is -2.46. The summed E-state index contributed by atoms with van der Waals surface area (Å²) in [6, 6.07) is 8.13. The molecule has 3 rings (SSSR count). The van der Waals surface area contributed by atoms with Crippen LogP contribution in [0.5, 0.6) is 0 Å². The van der Waals surface area contributed by atoms with E-state index in [0.29, 0.717) is 6.04 Å². The predicted octanol–water partition coefficient (Wildman–Crippen LogP) is 1.43. The van der Waals surface area contributed by atoms with E-state index in [-0.39, 0.29) is 24.5 Å². The van der Waals surface area contributed by atoms with Crippen LogP contribution in [0.2, 0.25) is 0 Å². The van der Waals surface area contributed by atoms with Crippen molar-refractivity contribution >= 4 is 17.6 Å². The Kier molecular flexibility index (Phi) is 3.34. The molecule has 1 atom stereocenters. The smallest absolute Gasteiger partial charge is 0.315 e. The lowest BCUT2D eigenvalue weighted by atomic mass is 10.1. The molecule has 0 aromatic heterocycles. The van der Waals surface area contributed by atoms with E-state index in [1.807, 2.05) is 31.2 Å². The molecule has 1 aliphatic heterocycles.